The number of likely N-dealkylation sites (tertiary alicyclic amines) is 1. The third-order valence-corrected chi connectivity index (χ3v) is 10.7. The minimum absolute atomic E-state index is 0.00738. The van der Waals surface area contributed by atoms with Crippen molar-refractivity contribution in [1.82, 2.24) is 10.2 Å². The summed E-state index contributed by atoms with van der Waals surface area (Å²) in [7, 11) is 0. The summed E-state index contributed by atoms with van der Waals surface area (Å²) in [6.45, 7) is 10.5. The van der Waals surface area contributed by atoms with E-state index in [-0.39, 0.29) is 11.8 Å². The van der Waals surface area contributed by atoms with Crippen molar-refractivity contribution in [3.63, 3.8) is 0 Å². The van der Waals surface area contributed by atoms with Crippen LogP contribution in [-0.4, -0.2) is 42.9 Å². The Morgan fingerprint density at radius 2 is 1.69 bits per heavy atom. The molecule has 0 bridgehead atoms. The lowest BCUT2D eigenvalue weighted by atomic mass is 9.90. The first-order chi connectivity index (χ1) is 23.4. The van der Waals surface area contributed by atoms with Gasteiger partial charge in [-0.25, -0.2) is 0 Å². The Labute approximate surface area is 290 Å². The van der Waals surface area contributed by atoms with Crippen molar-refractivity contribution >= 4 is 35.3 Å². The number of para-hydroxylation sites is 1. The second kappa shape index (κ2) is 15.8. The van der Waals surface area contributed by atoms with Gasteiger partial charge in [0, 0.05) is 23.5 Å². The summed E-state index contributed by atoms with van der Waals surface area (Å²) in [5, 5.41) is 3.16. The molecule has 1 N–H and O–H groups in total. The fraction of sp³-hybridized carbons (Fsp3) is 0.333. The van der Waals surface area contributed by atoms with E-state index in [9.17, 15) is 9.59 Å². The average molecular weight is 658 g/mol. The third-order valence-electron chi connectivity index (χ3n) is 9.66. The second-order valence-electron chi connectivity index (χ2n) is 13.3. The van der Waals surface area contributed by atoms with Gasteiger partial charge in [0.05, 0.1) is 17.1 Å². The number of piperidine rings is 1. The Balaban J connectivity index is 1.11. The fourth-order valence-electron chi connectivity index (χ4n) is 6.87. The number of carbonyl (C=O) groups is 2. The second-order valence-corrected chi connectivity index (χ2v) is 14.4. The standard InChI is InChI=1S/C42H47N3O2S/c1-4-10-34-27-36(41(46)43-21-24-44-22-19-33(20-23-44)26-32-11-6-5-7-12-32)18-17-35(34)28-40-42(47)45(38-13-8-9-14-39(38)48-40)29-37-25-30(2)15-16-31(37)3/h5-9,11-18,25,27-28,33H,4,10,19-24,26,29H2,1-3H3,(H,43,46). The van der Waals surface area contributed by atoms with Gasteiger partial charge < -0.3 is 15.1 Å². The van der Waals surface area contributed by atoms with Crippen LogP contribution in [0, 0.1) is 19.8 Å². The van der Waals surface area contributed by atoms with Gasteiger partial charge >= 0.3 is 0 Å². The first kappa shape index (κ1) is 33.8. The first-order valence-corrected chi connectivity index (χ1v) is 18.2. The van der Waals surface area contributed by atoms with Crippen LogP contribution in [0.3, 0.4) is 0 Å². The van der Waals surface area contributed by atoms with E-state index in [4.69, 9.17) is 0 Å². The molecule has 1 fully saturated rings. The zero-order chi connectivity index (χ0) is 33.5. The van der Waals surface area contributed by atoms with E-state index in [0.717, 1.165) is 72.1 Å². The summed E-state index contributed by atoms with van der Waals surface area (Å²) in [4.78, 5) is 33.5. The summed E-state index contributed by atoms with van der Waals surface area (Å²) in [6.07, 6.45) is 7.37. The number of carbonyl (C=O) groups excluding carboxylic acids is 2. The van der Waals surface area contributed by atoms with E-state index in [1.54, 1.807) is 0 Å². The highest BCUT2D eigenvalue weighted by Crippen LogP contribution is 2.43. The van der Waals surface area contributed by atoms with E-state index >= 15 is 0 Å². The van der Waals surface area contributed by atoms with Crippen LogP contribution in [0.1, 0.15) is 69.9 Å². The van der Waals surface area contributed by atoms with Crippen LogP contribution in [0.25, 0.3) is 6.08 Å². The average Bonchev–Trinajstić information content (AvgIpc) is 3.10. The normalized spacial score (nSPS) is 16.3. The molecule has 2 aliphatic rings. The van der Waals surface area contributed by atoms with Crippen LogP contribution in [0.4, 0.5) is 5.69 Å². The maximum absolute atomic E-state index is 14.1. The minimum Gasteiger partial charge on any atom is -0.351 e. The maximum Gasteiger partial charge on any atom is 0.265 e. The van der Waals surface area contributed by atoms with Gasteiger partial charge in [-0.1, -0.05) is 97.4 Å². The zero-order valence-electron chi connectivity index (χ0n) is 28.5. The zero-order valence-corrected chi connectivity index (χ0v) is 29.3. The molecule has 4 aromatic rings. The molecular weight excluding hydrogens is 611 g/mol. The Hall–Kier alpha value is -4.13. The van der Waals surface area contributed by atoms with Gasteiger partial charge in [-0.3, -0.25) is 9.59 Å². The molecule has 2 heterocycles. The van der Waals surface area contributed by atoms with Crippen molar-refractivity contribution in [2.75, 3.05) is 31.1 Å². The quantitative estimate of drug-likeness (QED) is 0.164. The van der Waals surface area contributed by atoms with Gasteiger partial charge in [0.25, 0.3) is 11.8 Å². The lowest BCUT2D eigenvalue weighted by molar-refractivity contribution is -0.114. The molecular formula is C42H47N3O2S. The molecule has 1 saturated heterocycles. The Kier molecular flexibility index (Phi) is 11.1. The highest BCUT2D eigenvalue weighted by Gasteiger charge is 2.30. The number of rotatable bonds is 11. The topological polar surface area (TPSA) is 52.7 Å². The molecule has 0 radical (unpaired) electrons. The van der Waals surface area contributed by atoms with Crippen molar-refractivity contribution in [2.45, 2.75) is 64.3 Å². The predicted octanol–water partition coefficient (Wildman–Crippen LogP) is 8.62. The molecule has 0 atom stereocenters. The van der Waals surface area contributed by atoms with Crippen LogP contribution < -0.4 is 10.2 Å². The minimum atomic E-state index is -0.0396. The van der Waals surface area contributed by atoms with Crippen molar-refractivity contribution in [3.8, 4) is 0 Å². The molecule has 248 valence electrons. The van der Waals surface area contributed by atoms with Gasteiger partial charge in [-0.05, 0) is 117 Å². The Bertz CT molecular complexity index is 1780. The lowest BCUT2D eigenvalue weighted by Crippen LogP contribution is -2.40. The van der Waals surface area contributed by atoms with Gasteiger partial charge in [-0.2, -0.15) is 0 Å². The van der Waals surface area contributed by atoms with E-state index in [1.165, 1.54) is 41.3 Å². The van der Waals surface area contributed by atoms with Crippen LogP contribution in [0.2, 0.25) is 0 Å². The molecule has 0 aliphatic carbocycles. The highest BCUT2D eigenvalue weighted by molar-refractivity contribution is 8.04. The Morgan fingerprint density at radius 3 is 2.48 bits per heavy atom. The third kappa shape index (κ3) is 8.29. The number of fused-ring (bicyclic) bond motifs is 1. The highest BCUT2D eigenvalue weighted by atomic mass is 32.2. The maximum atomic E-state index is 14.1. The molecule has 4 aromatic carbocycles. The molecule has 2 amide bonds. The van der Waals surface area contributed by atoms with E-state index in [2.05, 4.69) is 85.6 Å². The molecule has 0 saturated carbocycles. The number of hydrogen-bond donors (Lipinski definition) is 1. The van der Waals surface area contributed by atoms with E-state index in [1.807, 2.05) is 47.4 Å². The van der Waals surface area contributed by atoms with Crippen LogP contribution in [0.5, 0.6) is 0 Å². The number of benzene rings is 4. The number of thioether (sulfide) groups is 1. The van der Waals surface area contributed by atoms with Crippen molar-refractivity contribution in [3.05, 3.63) is 135 Å². The van der Waals surface area contributed by atoms with Crippen molar-refractivity contribution < 1.29 is 9.59 Å². The van der Waals surface area contributed by atoms with Crippen LogP contribution in [0.15, 0.2) is 101 Å². The summed E-state index contributed by atoms with van der Waals surface area (Å²) < 4.78 is 0. The molecule has 6 rings (SSSR count). The molecule has 48 heavy (non-hydrogen) atoms. The molecule has 5 nitrogen and oxygen atoms in total. The smallest absolute Gasteiger partial charge is 0.265 e. The number of amides is 2. The van der Waals surface area contributed by atoms with Gasteiger partial charge in [0.1, 0.15) is 0 Å². The first-order valence-electron chi connectivity index (χ1n) is 17.4. The van der Waals surface area contributed by atoms with Gasteiger partial charge in [0.2, 0.25) is 0 Å². The van der Waals surface area contributed by atoms with Crippen molar-refractivity contribution in [2.24, 2.45) is 5.92 Å². The van der Waals surface area contributed by atoms with Gasteiger partial charge in [0.15, 0.2) is 0 Å². The van der Waals surface area contributed by atoms with E-state index < -0.39 is 0 Å². The Morgan fingerprint density at radius 1 is 0.917 bits per heavy atom. The monoisotopic (exact) mass is 657 g/mol. The molecule has 0 spiro atoms. The predicted molar refractivity (Wildman–Crippen MR) is 199 cm³/mol. The number of nitrogens with one attached hydrogen (secondary N) is 1. The SMILES string of the molecule is CCCc1cc(C(=O)NCCN2CCC(Cc3ccccc3)CC2)ccc1C=C1Sc2ccccc2N(Cc2cc(C)ccc2C)C1=O. The van der Waals surface area contributed by atoms with Crippen LogP contribution in [-0.2, 0) is 24.2 Å². The van der Waals surface area contributed by atoms with Crippen LogP contribution >= 0.6 is 11.8 Å². The number of anilines is 1. The lowest BCUT2D eigenvalue weighted by Gasteiger charge is -2.32. The van der Waals surface area contributed by atoms with Gasteiger partial charge in [-0.15, -0.1) is 0 Å². The molecule has 6 heteroatoms. The number of aryl methyl sites for hydroxylation is 3. The largest absolute Gasteiger partial charge is 0.351 e. The summed E-state index contributed by atoms with van der Waals surface area (Å²) >= 11 is 1.53. The summed E-state index contributed by atoms with van der Waals surface area (Å²) in [5.41, 5.74) is 8.65. The molecule has 0 aromatic heterocycles. The molecule has 2 aliphatic heterocycles. The fourth-order valence-corrected chi connectivity index (χ4v) is 7.92. The number of hydrogen-bond acceptors (Lipinski definition) is 4. The van der Waals surface area contributed by atoms with Crippen molar-refractivity contribution in [1.29, 1.82) is 0 Å². The molecule has 0 unspecified atom stereocenters. The number of nitrogens with zero attached hydrogens (tertiary/aromatic N) is 2. The summed E-state index contributed by atoms with van der Waals surface area (Å²) in [5.74, 6) is 0.705. The summed E-state index contributed by atoms with van der Waals surface area (Å²) in [6, 6.07) is 31.3. The van der Waals surface area contributed by atoms with E-state index in [0.29, 0.717) is 23.6 Å².